The van der Waals surface area contributed by atoms with Crippen LogP contribution in [0.4, 0.5) is 0 Å². The molecule has 3 rings (SSSR count). The summed E-state index contributed by atoms with van der Waals surface area (Å²) in [6, 6.07) is 17.3. The van der Waals surface area contributed by atoms with Gasteiger partial charge in [0.15, 0.2) is 0 Å². The molecule has 0 fully saturated rings. The molecule has 1 heterocycles. The first-order chi connectivity index (χ1) is 9.74. The van der Waals surface area contributed by atoms with Gasteiger partial charge in [-0.1, -0.05) is 48.0 Å². The number of tetrazole rings is 1. The number of nitrogens with zero attached hydrogens (tertiary/aromatic N) is 4. The predicted octanol–water partition coefficient (Wildman–Crippen LogP) is 1.79. The van der Waals surface area contributed by atoms with Crippen LogP contribution >= 0.6 is 0 Å². The standard InChI is InChI=1S/C15H14N4O/c1-12-7-9-13(10-8-12)11-18-15(20)19(17-16-18)14-5-3-2-4-6-14/h2-10H,11H2,1H3. The van der Waals surface area contributed by atoms with Crippen LogP contribution in [0.1, 0.15) is 11.1 Å². The second kappa shape index (κ2) is 5.13. The maximum Gasteiger partial charge on any atom is 0.368 e. The Morgan fingerprint density at radius 1 is 0.950 bits per heavy atom. The van der Waals surface area contributed by atoms with Gasteiger partial charge < -0.3 is 0 Å². The summed E-state index contributed by atoms with van der Waals surface area (Å²) in [6.45, 7) is 2.45. The van der Waals surface area contributed by atoms with Gasteiger partial charge in [0.1, 0.15) is 0 Å². The second-order valence-corrected chi connectivity index (χ2v) is 4.65. The molecule has 5 nitrogen and oxygen atoms in total. The number of para-hydroxylation sites is 1. The van der Waals surface area contributed by atoms with Crippen molar-refractivity contribution in [2.45, 2.75) is 13.5 Å². The fourth-order valence-electron chi connectivity index (χ4n) is 1.97. The van der Waals surface area contributed by atoms with E-state index >= 15 is 0 Å². The average Bonchev–Trinajstić information content (AvgIpc) is 2.84. The minimum atomic E-state index is -0.239. The predicted molar refractivity (Wildman–Crippen MR) is 75.9 cm³/mol. The molecule has 3 aromatic rings. The van der Waals surface area contributed by atoms with Crippen molar-refractivity contribution in [1.82, 2.24) is 19.8 Å². The first-order valence-corrected chi connectivity index (χ1v) is 6.38. The van der Waals surface area contributed by atoms with Crippen molar-refractivity contribution in [2.24, 2.45) is 0 Å². The zero-order valence-electron chi connectivity index (χ0n) is 11.1. The van der Waals surface area contributed by atoms with E-state index in [4.69, 9.17) is 0 Å². The molecular weight excluding hydrogens is 252 g/mol. The Hall–Kier alpha value is -2.69. The summed E-state index contributed by atoms with van der Waals surface area (Å²) in [5.74, 6) is 0. The van der Waals surface area contributed by atoms with Crippen LogP contribution in [-0.4, -0.2) is 19.8 Å². The normalized spacial score (nSPS) is 10.7. The van der Waals surface area contributed by atoms with Gasteiger partial charge in [-0.05, 0) is 35.0 Å². The Bertz CT molecular complexity index is 757. The Morgan fingerprint density at radius 2 is 1.65 bits per heavy atom. The van der Waals surface area contributed by atoms with Gasteiger partial charge in [0.2, 0.25) is 0 Å². The topological polar surface area (TPSA) is 52.7 Å². The first kappa shape index (κ1) is 12.3. The van der Waals surface area contributed by atoms with E-state index in [1.807, 2.05) is 61.5 Å². The molecule has 0 saturated heterocycles. The molecule has 0 N–H and O–H groups in total. The van der Waals surface area contributed by atoms with E-state index in [0.717, 1.165) is 5.56 Å². The van der Waals surface area contributed by atoms with Crippen LogP contribution in [0, 0.1) is 6.92 Å². The molecule has 100 valence electrons. The largest absolute Gasteiger partial charge is 0.368 e. The molecule has 1 aromatic heterocycles. The minimum Gasteiger partial charge on any atom is -0.244 e. The molecule has 2 aromatic carbocycles. The third kappa shape index (κ3) is 2.38. The van der Waals surface area contributed by atoms with Crippen LogP contribution in [0.25, 0.3) is 5.69 Å². The van der Waals surface area contributed by atoms with Gasteiger partial charge in [-0.3, -0.25) is 0 Å². The van der Waals surface area contributed by atoms with Crippen LogP contribution in [0.3, 0.4) is 0 Å². The highest BCUT2D eigenvalue weighted by atomic mass is 16.2. The van der Waals surface area contributed by atoms with Crippen molar-refractivity contribution in [3.8, 4) is 5.69 Å². The summed E-state index contributed by atoms with van der Waals surface area (Å²) >= 11 is 0. The number of rotatable bonds is 3. The molecule has 20 heavy (non-hydrogen) atoms. The average molecular weight is 266 g/mol. The summed E-state index contributed by atoms with van der Waals surface area (Å²) < 4.78 is 2.66. The van der Waals surface area contributed by atoms with Gasteiger partial charge in [-0.15, -0.1) is 0 Å². The van der Waals surface area contributed by atoms with E-state index < -0.39 is 0 Å². The molecule has 5 heteroatoms. The molecule has 0 aliphatic heterocycles. The van der Waals surface area contributed by atoms with Gasteiger partial charge in [0, 0.05) is 0 Å². The molecule has 0 aliphatic rings. The molecule has 0 saturated carbocycles. The zero-order chi connectivity index (χ0) is 13.9. The highest BCUT2D eigenvalue weighted by molar-refractivity contribution is 5.29. The third-order valence-corrected chi connectivity index (χ3v) is 3.09. The van der Waals surface area contributed by atoms with Gasteiger partial charge >= 0.3 is 5.69 Å². The lowest BCUT2D eigenvalue weighted by atomic mass is 10.1. The van der Waals surface area contributed by atoms with Crippen molar-refractivity contribution in [2.75, 3.05) is 0 Å². The molecule has 0 spiro atoms. The fourth-order valence-corrected chi connectivity index (χ4v) is 1.97. The van der Waals surface area contributed by atoms with Gasteiger partial charge in [0.05, 0.1) is 12.2 Å². The monoisotopic (exact) mass is 266 g/mol. The number of benzene rings is 2. The first-order valence-electron chi connectivity index (χ1n) is 6.38. The van der Waals surface area contributed by atoms with Crippen molar-refractivity contribution >= 4 is 0 Å². The van der Waals surface area contributed by atoms with E-state index in [1.54, 1.807) is 0 Å². The summed E-state index contributed by atoms with van der Waals surface area (Å²) in [4.78, 5) is 12.2. The van der Waals surface area contributed by atoms with Crippen molar-refractivity contribution < 1.29 is 0 Å². The van der Waals surface area contributed by atoms with Gasteiger partial charge in [-0.2, -0.15) is 9.36 Å². The van der Waals surface area contributed by atoms with E-state index in [-0.39, 0.29) is 5.69 Å². The van der Waals surface area contributed by atoms with Crippen LogP contribution in [0.2, 0.25) is 0 Å². The van der Waals surface area contributed by atoms with Crippen molar-refractivity contribution in [3.05, 3.63) is 76.2 Å². The number of aromatic nitrogens is 4. The maximum absolute atomic E-state index is 12.2. The highest BCUT2D eigenvalue weighted by Gasteiger charge is 2.08. The van der Waals surface area contributed by atoms with Crippen LogP contribution in [-0.2, 0) is 6.54 Å². The number of hydrogen-bond acceptors (Lipinski definition) is 3. The Kier molecular flexibility index (Phi) is 3.16. The molecule has 0 amide bonds. The SMILES string of the molecule is Cc1ccc(Cn2nnn(-c3ccccc3)c2=O)cc1. The maximum atomic E-state index is 12.2. The summed E-state index contributed by atoms with van der Waals surface area (Å²) in [5.41, 5.74) is 2.69. The number of hydrogen-bond donors (Lipinski definition) is 0. The molecular formula is C15H14N4O. The zero-order valence-corrected chi connectivity index (χ0v) is 11.1. The summed E-state index contributed by atoms with van der Waals surface area (Å²) in [7, 11) is 0. The van der Waals surface area contributed by atoms with Gasteiger partial charge in [0.25, 0.3) is 0 Å². The van der Waals surface area contributed by atoms with E-state index in [0.29, 0.717) is 12.2 Å². The van der Waals surface area contributed by atoms with Crippen LogP contribution in [0.5, 0.6) is 0 Å². The third-order valence-electron chi connectivity index (χ3n) is 3.09. The quantitative estimate of drug-likeness (QED) is 0.726. The Balaban J connectivity index is 1.91. The van der Waals surface area contributed by atoms with Crippen molar-refractivity contribution in [3.63, 3.8) is 0 Å². The minimum absolute atomic E-state index is 0.239. The fraction of sp³-hybridized carbons (Fsp3) is 0.133. The van der Waals surface area contributed by atoms with Crippen molar-refractivity contribution in [1.29, 1.82) is 0 Å². The van der Waals surface area contributed by atoms with Crippen LogP contribution in [0.15, 0.2) is 59.4 Å². The lowest BCUT2D eigenvalue weighted by Gasteiger charge is -2.00. The van der Waals surface area contributed by atoms with Gasteiger partial charge in [-0.25, -0.2) is 4.79 Å². The molecule has 0 unspecified atom stereocenters. The lowest BCUT2D eigenvalue weighted by molar-refractivity contribution is 0.632. The smallest absolute Gasteiger partial charge is 0.244 e. The summed E-state index contributed by atoms with van der Waals surface area (Å²) in [5, 5.41) is 7.84. The Morgan fingerprint density at radius 3 is 2.35 bits per heavy atom. The molecule has 0 atom stereocenters. The van der Waals surface area contributed by atoms with E-state index in [9.17, 15) is 4.79 Å². The molecule has 0 bridgehead atoms. The summed E-state index contributed by atoms with van der Waals surface area (Å²) in [6.07, 6.45) is 0. The second-order valence-electron chi connectivity index (χ2n) is 4.65. The molecule has 0 radical (unpaired) electrons. The Labute approximate surface area is 116 Å². The highest BCUT2D eigenvalue weighted by Crippen LogP contribution is 2.04. The number of aryl methyl sites for hydroxylation is 1. The van der Waals surface area contributed by atoms with E-state index in [1.165, 1.54) is 14.9 Å². The lowest BCUT2D eigenvalue weighted by Crippen LogP contribution is -2.24. The molecule has 0 aliphatic carbocycles. The van der Waals surface area contributed by atoms with E-state index in [2.05, 4.69) is 10.4 Å². The van der Waals surface area contributed by atoms with Crippen LogP contribution < -0.4 is 5.69 Å².